The quantitative estimate of drug-likeness (QED) is 0.756. The SMILES string of the molecule is Cc1cc(C(=O)N2CCC3(CC2)CC(OC(=O)NCC(C)C)=NO3)ccc1Br. The second-order valence-corrected chi connectivity index (χ2v) is 8.71. The van der Waals surface area contributed by atoms with Crippen molar-refractivity contribution in [2.24, 2.45) is 11.1 Å². The number of nitrogens with zero attached hydrogens (tertiary/aromatic N) is 2. The summed E-state index contributed by atoms with van der Waals surface area (Å²) in [6.45, 7) is 7.69. The van der Waals surface area contributed by atoms with Gasteiger partial charge in [-0.15, -0.1) is 0 Å². The number of ether oxygens (including phenoxy) is 1. The van der Waals surface area contributed by atoms with Crippen LogP contribution in [-0.4, -0.2) is 48.0 Å². The number of piperidine rings is 1. The predicted octanol–water partition coefficient (Wildman–Crippen LogP) is 3.85. The van der Waals surface area contributed by atoms with E-state index < -0.39 is 11.7 Å². The topological polar surface area (TPSA) is 80.2 Å². The van der Waals surface area contributed by atoms with Crippen molar-refractivity contribution in [2.75, 3.05) is 19.6 Å². The Morgan fingerprint density at radius 3 is 2.71 bits per heavy atom. The van der Waals surface area contributed by atoms with Gasteiger partial charge in [0, 0.05) is 42.5 Å². The van der Waals surface area contributed by atoms with Gasteiger partial charge in [0.05, 0.1) is 6.42 Å². The average molecular weight is 452 g/mol. The van der Waals surface area contributed by atoms with Crippen molar-refractivity contribution in [3.8, 4) is 0 Å². The van der Waals surface area contributed by atoms with Crippen LogP contribution in [0.1, 0.15) is 49.0 Å². The molecule has 2 aliphatic rings. The molecule has 152 valence electrons. The number of hydrogen-bond acceptors (Lipinski definition) is 5. The summed E-state index contributed by atoms with van der Waals surface area (Å²) in [5.74, 6) is 0.663. The van der Waals surface area contributed by atoms with Gasteiger partial charge in [-0.1, -0.05) is 34.9 Å². The highest BCUT2D eigenvalue weighted by Crippen LogP contribution is 2.35. The first-order chi connectivity index (χ1) is 13.3. The number of carbonyl (C=O) groups excluding carboxylic acids is 2. The van der Waals surface area contributed by atoms with Gasteiger partial charge in [-0.25, -0.2) is 4.79 Å². The van der Waals surface area contributed by atoms with Crippen LogP contribution in [0.2, 0.25) is 0 Å². The van der Waals surface area contributed by atoms with Gasteiger partial charge in [-0.3, -0.25) is 4.79 Å². The van der Waals surface area contributed by atoms with E-state index in [1.165, 1.54) is 0 Å². The third-order valence-electron chi connectivity index (χ3n) is 5.05. The summed E-state index contributed by atoms with van der Waals surface area (Å²) in [4.78, 5) is 32.0. The fourth-order valence-corrected chi connectivity index (χ4v) is 3.57. The van der Waals surface area contributed by atoms with E-state index in [1.54, 1.807) is 0 Å². The molecule has 1 aromatic rings. The van der Waals surface area contributed by atoms with Gasteiger partial charge < -0.3 is 19.8 Å². The largest absolute Gasteiger partial charge is 0.413 e. The zero-order chi connectivity index (χ0) is 20.3. The number of benzene rings is 1. The zero-order valence-corrected chi connectivity index (χ0v) is 18.0. The molecule has 7 nitrogen and oxygen atoms in total. The highest BCUT2D eigenvalue weighted by molar-refractivity contribution is 9.10. The lowest BCUT2D eigenvalue weighted by Gasteiger charge is -2.37. The molecule has 0 bridgehead atoms. The molecule has 1 spiro atoms. The lowest BCUT2D eigenvalue weighted by molar-refractivity contribution is -0.0568. The maximum absolute atomic E-state index is 12.8. The van der Waals surface area contributed by atoms with Crippen LogP contribution in [0, 0.1) is 12.8 Å². The third kappa shape index (κ3) is 4.84. The van der Waals surface area contributed by atoms with E-state index >= 15 is 0 Å². The number of carbonyl (C=O) groups is 2. The second-order valence-electron chi connectivity index (χ2n) is 7.86. The second kappa shape index (κ2) is 8.51. The van der Waals surface area contributed by atoms with Crippen molar-refractivity contribution in [3.05, 3.63) is 33.8 Å². The molecule has 2 heterocycles. The van der Waals surface area contributed by atoms with Crippen molar-refractivity contribution in [2.45, 2.75) is 45.6 Å². The fourth-order valence-electron chi connectivity index (χ4n) is 3.32. The number of halogens is 1. The molecule has 1 saturated heterocycles. The number of alkyl carbamates (subject to hydrolysis) is 1. The Labute approximate surface area is 173 Å². The van der Waals surface area contributed by atoms with E-state index in [1.807, 2.05) is 43.9 Å². The van der Waals surface area contributed by atoms with Gasteiger partial charge in [0.2, 0.25) is 5.90 Å². The summed E-state index contributed by atoms with van der Waals surface area (Å²) in [6.07, 6.45) is 1.24. The average Bonchev–Trinajstić information content (AvgIpc) is 3.04. The van der Waals surface area contributed by atoms with E-state index in [2.05, 4.69) is 26.4 Å². The van der Waals surface area contributed by atoms with E-state index in [-0.39, 0.29) is 5.91 Å². The van der Waals surface area contributed by atoms with E-state index in [0.717, 1.165) is 10.0 Å². The molecule has 2 aliphatic heterocycles. The van der Waals surface area contributed by atoms with Gasteiger partial charge in [-0.2, -0.15) is 0 Å². The molecule has 0 atom stereocenters. The Morgan fingerprint density at radius 2 is 2.07 bits per heavy atom. The van der Waals surface area contributed by atoms with Crippen molar-refractivity contribution >= 4 is 33.8 Å². The predicted molar refractivity (Wildman–Crippen MR) is 109 cm³/mol. The lowest BCUT2D eigenvalue weighted by atomic mass is 9.88. The lowest BCUT2D eigenvalue weighted by Crippen LogP contribution is -2.47. The molecule has 28 heavy (non-hydrogen) atoms. The van der Waals surface area contributed by atoms with E-state index in [0.29, 0.717) is 56.3 Å². The standard InChI is InChI=1S/C20H26BrN3O4/c1-13(2)12-22-19(26)27-17-11-20(28-23-17)6-8-24(9-7-20)18(25)15-4-5-16(21)14(3)10-15/h4-5,10,13H,6-9,11-12H2,1-3H3,(H,22,26). The molecule has 0 saturated carbocycles. The highest BCUT2D eigenvalue weighted by atomic mass is 79.9. The van der Waals surface area contributed by atoms with Crippen LogP contribution in [0.15, 0.2) is 27.8 Å². The van der Waals surface area contributed by atoms with Gasteiger partial charge in [-0.05, 0) is 36.6 Å². The smallest absolute Gasteiger partial charge is 0.392 e. The number of oxime groups is 1. The Hall–Kier alpha value is -2.09. The van der Waals surface area contributed by atoms with E-state index in [9.17, 15) is 9.59 Å². The Kier molecular flexibility index (Phi) is 6.27. The van der Waals surface area contributed by atoms with Crippen molar-refractivity contribution < 1.29 is 19.2 Å². The van der Waals surface area contributed by atoms with Crippen molar-refractivity contribution in [3.63, 3.8) is 0 Å². The third-order valence-corrected chi connectivity index (χ3v) is 5.94. The maximum atomic E-state index is 12.8. The molecule has 8 heteroatoms. The molecule has 0 aromatic heterocycles. The Bertz CT molecular complexity index is 786. The Morgan fingerprint density at radius 1 is 1.36 bits per heavy atom. The van der Waals surface area contributed by atoms with Crippen LogP contribution in [-0.2, 0) is 9.57 Å². The summed E-state index contributed by atoms with van der Waals surface area (Å²) >= 11 is 3.46. The molecule has 0 radical (unpaired) electrons. The molecule has 1 aromatic carbocycles. The minimum atomic E-state index is -0.508. The molecule has 0 aliphatic carbocycles. The summed E-state index contributed by atoms with van der Waals surface area (Å²) in [5.41, 5.74) is 1.23. The summed E-state index contributed by atoms with van der Waals surface area (Å²) < 4.78 is 6.24. The van der Waals surface area contributed by atoms with E-state index in [4.69, 9.17) is 9.57 Å². The molecule has 2 amide bonds. The first kappa shape index (κ1) is 20.6. The summed E-state index contributed by atoms with van der Waals surface area (Å²) in [6, 6.07) is 5.63. The van der Waals surface area contributed by atoms with Crippen LogP contribution in [0.25, 0.3) is 0 Å². The van der Waals surface area contributed by atoms with Gasteiger partial charge in [0.1, 0.15) is 5.60 Å². The number of rotatable bonds is 3. The highest BCUT2D eigenvalue weighted by Gasteiger charge is 2.44. The van der Waals surface area contributed by atoms with Crippen LogP contribution in [0.3, 0.4) is 0 Å². The number of nitrogens with one attached hydrogen (secondary N) is 1. The van der Waals surface area contributed by atoms with Gasteiger partial charge in [0.25, 0.3) is 5.91 Å². The number of amides is 2. The molecular weight excluding hydrogens is 426 g/mol. The number of hydrogen-bond donors (Lipinski definition) is 1. The number of likely N-dealkylation sites (tertiary alicyclic amines) is 1. The van der Waals surface area contributed by atoms with Crippen LogP contribution in [0.4, 0.5) is 4.79 Å². The van der Waals surface area contributed by atoms with Crippen LogP contribution in [0.5, 0.6) is 0 Å². The molecule has 3 rings (SSSR count). The first-order valence-corrected chi connectivity index (χ1v) is 10.3. The Balaban J connectivity index is 1.51. The van der Waals surface area contributed by atoms with Crippen molar-refractivity contribution in [1.82, 2.24) is 10.2 Å². The fraction of sp³-hybridized carbons (Fsp3) is 0.550. The summed E-state index contributed by atoms with van der Waals surface area (Å²) in [5, 5.41) is 6.65. The normalized spacial score (nSPS) is 18.0. The van der Waals surface area contributed by atoms with Crippen LogP contribution >= 0.6 is 15.9 Å². The van der Waals surface area contributed by atoms with Crippen molar-refractivity contribution in [1.29, 1.82) is 0 Å². The van der Waals surface area contributed by atoms with Crippen LogP contribution < -0.4 is 5.32 Å². The molecule has 0 unspecified atom stereocenters. The zero-order valence-electron chi connectivity index (χ0n) is 16.5. The molecular formula is C20H26BrN3O4. The minimum absolute atomic E-state index is 0.0221. The monoisotopic (exact) mass is 451 g/mol. The molecule has 1 N–H and O–H groups in total. The van der Waals surface area contributed by atoms with Gasteiger partial charge in [0.15, 0.2) is 0 Å². The number of aryl methyl sites for hydroxylation is 1. The maximum Gasteiger partial charge on any atom is 0.413 e. The minimum Gasteiger partial charge on any atom is -0.392 e. The summed E-state index contributed by atoms with van der Waals surface area (Å²) in [7, 11) is 0. The van der Waals surface area contributed by atoms with Gasteiger partial charge >= 0.3 is 6.09 Å². The molecule has 1 fully saturated rings. The first-order valence-electron chi connectivity index (χ1n) is 9.54.